The average molecular weight is 287 g/mol. The Labute approximate surface area is 119 Å². The van der Waals surface area contributed by atoms with E-state index in [1.54, 1.807) is 0 Å². The van der Waals surface area contributed by atoms with E-state index in [0.717, 1.165) is 39.0 Å². The lowest BCUT2D eigenvalue weighted by molar-refractivity contribution is -0.129. The van der Waals surface area contributed by atoms with Crippen LogP contribution in [-0.4, -0.2) is 60.9 Å². The molecule has 0 aromatic carbocycles. The van der Waals surface area contributed by atoms with Crippen molar-refractivity contribution < 1.29 is 9.59 Å². The van der Waals surface area contributed by atoms with Crippen LogP contribution in [0, 0.1) is 0 Å². The van der Waals surface area contributed by atoms with E-state index in [2.05, 4.69) is 10.6 Å². The Hall–Kier alpha value is -0.750. The molecule has 1 fully saturated rings. The molecule has 1 saturated heterocycles. The first-order chi connectivity index (χ1) is 9.24. The van der Waals surface area contributed by atoms with Gasteiger partial charge in [0.25, 0.3) is 0 Å². The molecule has 6 heteroatoms. The van der Waals surface area contributed by atoms with Crippen molar-refractivity contribution >= 4 is 23.6 Å². The van der Waals surface area contributed by atoms with Gasteiger partial charge in [-0.05, 0) is 25.8 Å². The van der Waals surface area contributed by atoms with E-state index in [4.69, 9.17) is 0 Å². The molecular weight excluding hydrogens is 262 g/mol. The van der Waals surface area contributed by atoms with Gasteiger partial charge in [-0.25, -0.2) is 0 Å². The lowest BCUT2D eigenvalue weighted by Crippen LogP contribution is -2.37. The normalized spacial score (nSPS) is 15.3. The predicted molar refractivity (Wildman–Crippen MR) is 79.3 cm³/mol. The number of likely N-dealkylation sites (N-methyl/N-ethyl adjacent to an activating group) is 1. The first kappa shape index (κ1) is 16.3. The fourth-order valence-electron chi connectivity index (χ4n) is 1.98. The number of carbonyl (C=O) groups excluding carboxylic acids is 2. The fourth-order valence-corrected chi connectivity index (χ4v) is 2.73. The molecule has 1 rings (SSSR count). The summed E-state index contributed by atoms with van der Waals surface area (Å²) in [5, 5.41) is 5.96. The highest BCUT2D eigenvalue weighted by Gasteiger charge is 2.16. The van der Waals surface area contributed by atoms with Crippen LogP contribution in [0.15, 0.2) is 0 Å². The first-order valence-electron chi connectivity index (χ1n) is 7.07. The van der Waals surface area contributed by atoms with Crippen molar-refractivity contribution in [3.8, 4) is 0 Å². The summed E-state index contributed by atoms with van der Waals surface area (Å²) in [5.41, 5.74) is 0. The zero-order valence-electron chi connectivity index (χ0n) is 11.7. The van der Waals surface area contributed by atoms with E-state index in [0.29, 0.717) is 18.1 Å². The fraction of sp³-hybridized carbons (Fsp3) is 0.846. The van der Waals surface area contributed by atoms with E-state index >= 15 is 0 Å². The second-order valence-corrected chi connectivity index (χ2v) is 5.62. The summed E-state index contributed by atoms with van der Waals surface area (Å²) in [6.45, 7) is 6.15. The minimum atomic E-state index is 0.00865. The van der Waals surface area contributed by atoms with E-state index in [-0.39, 0.29) is 11.8 Å². The molecule has 0 radical (unpaired) electrons. The number of piperidine rings is 1. The van der Waals surface area contributed by atoms with E-state index in [9.17, 15) is 9.59 Å². The monoisotopic (exact) mass is 287 g/mol. The first-order valence-corrected chi connectivity index (χ1v) is 8.22. The Kier molecular flexibility index (Phi) is 8.66. The molecule has 0 bridgehead atoms. The van der Waals surface area contributed by atoms with E-state index in [1.165, 1.54) is 18.2 Å². The van der Waals surface area contributed by atoms with Crippen LogP contribution in [-0.2, 0) is 9.59 Å². The van der Waals surface area contributed by atoms with Crippen LogP contribution in [0.3, 0.4) is 0 Å². The Morgan fingerprint density at radius 3 is 2.53 bits per heavy atom. The van der Waals surface area contributed by atoms with Gasteiger partial charge in [-0.15, -0.1) is 11.8 Å². The molecule has 1 aliphatic heterocycles. The smallest absolute Gasteiger partial charge is 0.232 e. The van der Waals surface area contributed by atoms with Gasteiger partial charge in [0.2, 0.25) is 11.8 Å². The standard InChI is InChI=1S/C13H25N3O2S/c1-2-14-6-7-15-12(17)10-19-11-13(18)16-8-4-3-5-9-16/h14H,2-11H2,1H3,(H,15,17). The molecule has 0 unspecified atom stereocenters. The molecule has 2 N–H and O–H groups in total. The number of hydrogen-bond acceptors (Lipinski definition) is 4. The zero-order chi connectivity index (χ0) is 13.9. The maximum absolute atomic E-state index is 11.8. The number of nitrogens with zero attached hydrogens (tertiary/aromatic N) is 1. The summed E-state index contributed by atoms with van der Waals surface area (Å²) >= 11 is 1.40. The molecule has 19 heavy (non-hydrogen) atoms. The molecule has 0 atom stereocenters. The highest BCUT2D eigenvalue weighted by molar-refractivity contribution is 8.00. The number of nitrogens with one attached hydrogen (secondary N) is 2. The Morgan fingerprint density at radius 2 is 1.84 bits per heavy atom. The quantitative estimate of drug-likeness (QED) is 0.637. The molecule has 1 heterocycles. The largest absolute Gasteiger partial charge is 0.354 e. The minimum Gasteiger partial charge on any atom is -0.354 e. The SMILES string of the molecule is CCNCCNC(=O)CSCC(=O)N1CCCCC1. The number of hydrogen-bond donors (Lipinski definition) is 2. The van der Waals surface area contributed by atoms with Gasteiger partial charge in [-0.2, -0.15) is 0 Å². The Bertz CT molecular complexity index is 281. The van der Waals surface area contributed by atoms with Gasteiger partial charge in [0.15, 0.2) is 0 Å². The van der Waals surface area contributed by atoms with Crippen LogP contribution in [0.1, 0.15) is 26.2 Å². The van der Waals surface area contributed by atoms with Gasteiger partial charge in [0.1, 0.15) is 0 Å². The maximum atomic E-state index is 11.8. The predicted octanol–water partition coefficient (Wildman–Crippen LogP) is 0.458. The summed E-state index contributed by atoms with van der Waals surface area (Å²) < 4.78 is 0. The van der Waals surface area contributed by atoms with Crippen LogP contribution in [0.2, 0.25) is 0 Å². The molecule has 0 spiro atoms. The van der Waals surface area contributed by atoms with Crippen LogP contribution < -0.4 is 10.6 Å². The molecule has 1 aliphatic rings. The number of carbonyl (C=O) groups is 2. The van der Waals surface area contributed by atoms with Crippen LogP contribution in [0.25, 0.3) is 0 Å². The molecule has 0 aromatic rings. The lowest BCUT2D eigenvalue weighted by atomic mass is 10.1. The molecule has 2 amide bonds. The van der Waals surface area contributed by atoms with E-state index in [1.807, 2.05) is 11.8 Å². The van der Waals surface area contributed by atoms with Gasteiger partial charge >= 0.3 is 0 Å². The number of likely N-dealkylation sites (tertiary alicyclic amines) is 1. The Balaban J connectivity index is 2.02. The van der Waals surface area contributed by atoms with Gasteiger partial charge in [0.05, 0.1) is 11.5 Å². The third-order valence-corrected chi connectivity index (χ3v) is 3.96. The molecule has 110 valence electrons. The molecular formula is C13H25N3O2S. The molecule has 0 saturated carbocycles. The maximum Gasteiger partial charge on any atom is 0.232 e. The van der Waals surface area contributed by atoms with Crippen molar-refractivity contribution in [2.45, 2.75) is 26.2 Å². The summed E-state index contributed by atoms with van der Waals surface area (Å²) in [5.74, 6) is 0.964. The summed E-state index contributed by atoms with van der Waals surface area (Å²) in [4.78, 5) is 25.2. The Morgan fingerprint density at radius 1 is 1.11 bits per heavy atom. The molecule has 0 aromatic heterocycles. The van der Waals surface area contributed by atoms with Crippen molar-refractivity contribution in [1.29, 1.82) is 0 Å². The summed E-state index contributed by atoms with van der Waals surface area (Å²) in [6, 6.07) is 0. The van der Waals surface area contributed by atoms with Gasteiger partial charge in [-0.1, -0.05) is 6.92 Å². The third kappa shape index (κ3) is 7.42. The highest BCUT2D eigenvalue weighted by atomic mass is 32.2. The van der Waals surface area contributed by atoms with E-state index < -0.39 is 0 Å². The van der Waals surface area contributed by atoms with Crippen molar-refractivity contribution in [3.05, 3.63) is 0 Å². The average Bonchev–Trinajstić information content (AvgIpc) is 2.44. The van der Waals surface area contributed by atoms with Crippen LogP contribution in [0.5, 0.6) is 0 Å². The van der Waals surface area contributed by atoms with Crippen molar-refractivity contribution in [2.75, 3.05) is 44.2 Å². The number of amides is 2. The highest BCUT2D eigenvalue weighted by Crippen LogP contribution is 2.11. The third-order valence-electron chi connectivity index (χ3n) is 3.04. The van der Waals surface area contributed by atoms with Gasteiger partial charge in [-0.3, -0.25) is 9.59 Å². The van der Waals surface area contributed by atoms with Crippen LogP contribution >= 0.6 is 11.8 Å². The minimum absolute atomic E-state index is 0.00865. The topological polar surface area (TPSA) is 61.4 Å². The van der Waals surface area contributed by atoms with Crippen molar-refractivity contribution in [2.24, 2.45) is 0 Å². The second kappa shape index (κ2) is 10.1. The molecule has 0 aliphatic carbocycles. The summed E-state index contributed by atoms with van der Waals surface area (Å²) in [6.07, 6.45) is 3.45. The summed E-state index contributed by atoms with van der Waals surface area (Å²) in [7, 11) is 0. The van der Waals surface area contributed by atoms with Crippen LogP contribution in [0.4, 0.5) is 0 Å². The van der Waals surface area contributed by atoms with Gasteiger partial charge < -0.3 is 15.5 Å². The lowest BCUT2D eigenvalue weighted by Gasteiger charge is -2.26. The second-order valence-electron chi connectivity index (χ2n) is 4.64. The number of rotatable bonds is 8. The van der Waals surface area contributed by atoms with Gasteiger partial charge in [0, 0.05) is 26.2 Å². The van der Waals surface area contributed by atoms with Crippen molar-refractivity contribution in [1.82, 2.24) is 15.5 Å². The number of thioether (sulfide) groups is 1. The van der Waals surface area contributed by atoms with Crippen molar-refractivity contribution in [3.63, 3.8) is 0 Å². The molecule has 5 nitrogen and oxygen atoms in total. The zero-order valence-corrected chi connectivity index (χ0v) is 12.6.